The van der Waals surface area contributed by atoms with Gasteiger partial charge in [-0.15, -0.1) is 0 Å². The molecule has 1 heterocycles. The van der Waals surface area contributed by atoms with Gasteiger partial charge in [-0.2, -0.15) is 0 Å². The molecule has 4 nitrogen and oxygen atoms in total. The van der Waals surface area contributed by atoms with Crippen molar-refractivity contribution in [3.05, 3.63) is 0 Å². The zero-order chi connectivity index (χ0) is 6.85. The fraction of sp³-hybridized carbons (Fsp3) is 0.500. The molecular weight excluding hydrogens is 206 g/mol. The van der Waals surface area contributed by atoms with Gasteiger partial charge in [-0.1, -0.05) is 0 Å². The monoisotopic (exact) mass is 212 g/mol. The zero-order valence-electron chi connectivity index (χ0n) is 4.42. The van der Waals surface area contributed by atoms with E-state index in [1.807, 2.05) is 0 Å². The van der Waals surface area contributed by atoms with Gasteiger partial charge in [-0.05, 0) is 0 Å². The first-order chi connectivity index (χ1) is 4.24. The molecule has 0 saturated carbocycles. The number of nitrogens with one attached hydrogen (secondary N) is 1. The standard InChI is InChI=1S/C4H4NO3.Mo/c6-2-1-3(7)5-4(2)8;/h2H,1H2,(H,5,7,8);/q-1;+1. The molecule has 0 aromatic rings. The van der Waals surface area contributed by atoms with Crippen LogP contribution in [0, 0.1) is 0 Å². The van der Waals surface area contributed by atoms with Gasteiger partial charge < -0.3 is 0 Å². The Kier molecular flexibility index (Phi) is 1.98. The van der Waals surface area contributed by atoms with Crippen LogP contribution in [0.15, 0.2) is 0 Å². The molecule has 0 aromatic heterocycles. The minimum absolute atomic E-state index is 0.165. The van der Waals surface area contributed by atoms with Crippen LogP contribution in [0.3, 0.4) is 0 Å². The Morgan fingerprint density at radius 3 is 2.56 bits per heavy atom. The van der Waals surface area contributed by atoms with Gasteiger partial charge in [0.15, 0.2) is 0 Å². The third-order valence-electron chi connectivity index (χ3n) is 1.04. The van der Waals surface area contributed by atoms with E-state index in [-0.39, 0.29) is 18.2 Å². The fourth-order valence-corrected chi connectivity index (χ4v) is 0.990. The topological polar surface area (TPSA) is 55.4 Å². The predicted octanol–water partition coefficient (Wildman–Crippen LogP) is -1.12. The normalized spacial score (nSPS) is 26.4. The van der Waals surface area contributed by atoms with E-state index in [2.05, 4.69) is 8.71 Å². The van der Waals surface area contributed by atoms with Crippen molar-refractivity contribution in [2.75, 3.05) is 0 Å². The number of carbonyl (C=O) groups is 2. The molecule has 1 atom stereocenters. The molecule has 0 aromatic carbocycles. The number of hydrogen-bond acceptors (Lipinski definition) is 3. The fourth-order valence-electron chi connectivity index (χ4n) is 0.608. The molecule has 1 aliphatic heterocycles. The van der Waals surface area contributed by atoms with Gasteiger partial charge in [0, 0.05) is 0 Å². The molecule has 0 aliphatic carbocycles. The average molecular weight is 210 g/mol. The van der Waals surface area contributed by atoms with Gasteiger partial charge in [-0.3, -0.25) is 0 Å². The Labute approximate surface area is 63.3 Å². The summed E-state index contributed by atoms with van der Waals surface area (Å²) < 4.78 is 4.67. The molecule has 1 unspecified atom stereocenters. The molecule has 2 amide bonds. The van der Waals surface area contributed by atoms with Crippen molar-refractivity contribution in [1.82, 2.24) is 5.32 Å². The summed E-state index contributed by atoms with van der Waals surface area (Å²) in [5, 5.41) is 2.12. The van der Waals surface area contributed by atoms with Crippen molar-refractivity contribution >= 4 is 11.8 Å². The van der Waals surface area contributed by atoms with Crippen molar-refractivity contribution in [2.45, 2.75) is 12.5 Å². The van der Waals surface area contributed by atoms with E-state index in [4.69, 9.17) is 0 Å². The Morgan fingerprint density at radius 2 is 2.33 bits per heavy atom. The van der Waals surface area contributed by atoms with Crippen molar-refractivity contribution in [3.63, 3.8) is 0 Å². The molecule has 1 N–H and O–H groups in total. The summed E-state index contributed by atoms with van der Waals surface area (Å²) in [4.78, 5) is 21.0. The van der Waals surface area contributed by atoms with Crippen molar-refractivity contribution < 1.29 is 33.2 Å². The zero-order valence-corrected chi connectivity index (χ0v) is 6.42. The van der Waals surface area contributed by atoms with Gasteiger partial charge in [-0.25, -0.2) is 0 Å². The second-order valence-electron chi connectivity index (χ2n) is 1.70. The summed E-state index contributed by atoms with van der Waals surface area (Å²) >= 11 is 1.34. The van der Waals surface area contributed by atoms with Crippen LogP contribution < -0.4 is 5.32 Å². The van der Waals surface area contributed by atoms with Crippen LogP contribution >= 0.6 is 0 Å². The van der Waals surface area contributed by atoms with Gasteiger partial charge >= 0.3 is 62.8 Å². The van der Waals surface area contributed by atoms with Gasteiger partial charge in [0.2, 0.25) is 0 Å². The van der Waals surface area contributed by atoms with E-state index in [0.717, 1.165) is 0 Å². The molecule has 0 bridgehead atoms. The molecule has 1 saturated heterocycles. The van der Waals surface area contributed by atoms with Crippen LogP contribution in [0.2, 0.25) is 0 Å². The SMILES string of the molecule is O=C1CC([O][Mo])C(=O)N1. The molecule has 0 spiro atoms. The number of amides is 2. The summed E-state index contributed by atoms with van der Waals surface area (Å²) in [6, 6.07) is 0. The second kappa shape index (κ2) is 2.58. The first-order valence-electron chi connectivity index (χ1n) is 2.36. The summed E-state index contributed by atoms with van der Waals surface area (Å²) in [7, 11) is 0. The second-order valence-corrected chi connectivity index (χ2v) is 2.17. The van der Waals surface area contributed by atoms with E-state index in [0.29, 0.717) is 0 Å². The first kappa shape index (κ1) is 6.90. The maximum atomic E-state index is 10.6. The number of carbonyl (C=O) groups excluding carboxylic acids is 2. The molecule has 9 heavy (non-hydrogen) atoms. The maximum absolute atomic E-state index is 10.6. The van der Waals surface area contributed by atoms with Gasteiger partial charge in [0.1, 0.15) is 0 Å². The number of rotatable bonds is 1. The van der Waals surface area contributed by atoms with E-state index in [1.54, 1.807) is 0 Å². The first-order valence-corrected chi connectivity index (χ1v) is 3.18. The molecule has 1 rings (SSSR count). The van der Waals surface area contributed by atoms with Crippen LogP contribution in [0.5, 0.6) is 0 Å². The number of imide groups is 1. The van der Waals surface area contributed by atoms with Crippen molar-refractivity contribution in [2.24, 2.45) is 0 Å². The molecular formula is C4H4MoNO3. The summed E-state index contributed by atoms with van der Waals surface area (Å²) in [5.41, 5.74) is 0. The van der Waals surface area contributed by atoms with E-state index >= 15 is 0 Å². The van der Waals surface area contributed by atoms with Gasteiger partial charge in [0.25, 0.3) is 0 Å². The van der Waals surface area contributed by atoms with E-state index < -0.39 is 6.10 Å². The quantitative estimate of drug-likeness (QED) is 0.440. The van der Waals surface area contributed by atoms with Crippen molar-refractivity contribution in [1.29, 1.82) is 0 Å². The summed E-state index contributed by atoms with van der Waals surface area (Å²) in [6.07, 6.45) is -0.389. The minimum atomic E-state index is -0.553. The molecule has 49 valence electrons. The molecule has 5 heteroatoms. The molecule has 1 fully saturated rings. The Balaban J connectivity index is 2.58. The Hall–Kier alpha value is -0.212. The van der Waals surface area contributed by atoms with E-state index in [1.165, 1.54) is 20.2 Å². The number of hydrogen-bond donors (Lipinski definition) is 1. The van der Waals surface area contributed by atoms with E-state index in [9.17, 15) is 9.59 Å². The molecule has 1 aliphatic rings. The van der Waals surface area contributed by atoms with Crippen LogP contribution in [-0.4, -0.2) is 17.9 Å². The van der Waals surface area contributed by atoms with Crippen LogP contribution in [0.4, 0.5) is 0 Å². The van der Waals surface area contributed by atoms with Crippen LogP contribution in [0.25, 0.3) is 0 Å². The van der Waals surface area contributed by atoms with Crippen molar-refractivity contribution in [3.8, 4) is 0 Å². The third kappa shape index (κ3) is 1.37. The summed E-state index contributed by atoms with van der Waals surface area (Å²) in [5.74, 6) is -0.584. The Bertz CT molecular complexity index is 158. The predicted molar refractivity (Wildman–Crippen MR) is 22.6 cm³/mol. The summed E-state index contributed by atoms with van der Waals surface area (Å²) in [6.45, 7) is 0. The van der Waals surface area contributed by atoms with Gasteiger partial charge in [0.05, 0.1) is 0 Å². The van der Waals surface area contributed by atoms with Crippen LogP contribution in [-0.2, 0) is 33.2 Å². The Morgan fingerprint density at radius 1 is 1.67 bits per heavy atom. The molecule has 0 radical (unpaired) electrons. The van der Waals surface area contributed by atoms with Crippen LogP contribution in [0.1, 0.15) is 6.42 Å². The third-order valence-corrected chi connectivity index (χ3v) is 1.61. The average Bonchev–Trinajstić information content (AvgIpc) is 2.10.